The average Bonchev–Trinajstić information content (AvgIpc) is 3.14. The molecule has 0 saturated heterocycles. The van der Waals surface area contributed by atoms with E-state index < -0.39 is 0 Å². The Hall–Kier alpha value is -3.46. The first kappa shape index (κ1) is 18.6. The normalized spacial score (nSPS) is 12.9. The van der Waals surface area contributed by atoms with Crippen molar-refractivity contribution in [1.82, 2.24) is 14.5 Å². The number of benzene rings is 2. The van der Waals surface area contributed by atoms with Crippen molar-refractivity contribution in [2.75, 3.05) is 18.5 Å². The van der Waals surface area contributed by atoms with Crippen LogP contribution in [-0.4, -0.2) is 33.7 Å². The highest BCUT2D eigenvalue weighted by molar-refractivity contribution is 7.22. The van der Waals surface area contributed by atoms with Crippen molar-refractivity contribution in [1.29, 1.82) is 0 Å². The summed E-state index contributed by atoms with van der Waals surface area (Å²) in [6.45, 7) is 1.46. The van der Waals surface area contributed by atoms with Gasteiger partial charge in [-0.15, -0.1) is 0 Å². The lowest BCUT2D eigenvalue weighted by molar-refractivity contribution is -0.116. The number of thiazole rings is 1. The van der Waals surface area contributed by atoms with Gasteiger partial charge in [0.25, 0.3) is 5.56 Å². The molecule has 9 heteroatoms. The number of hydrogen-bond acceptors (Lipinski definition) is 7. The van der Waals surface area contributed by atoms with E-state index in [9.17, 15) is 9.59 Å². The Balaban J connectivity index is 1.22. The number of fused-ring (bicyclic) bond motifs is 3. The quantitative estimate of drug-likeness (QED) is 0.531. The minimum Gasteiger partial charge on any atom is -0.486 e. The SMILES string of the molecule is O=C(CCCn1cnc2ccccc2c1=O)Nc1nc2cc3c(cc2s1)OCCO3. The van der Waals surface area contributed by atoms with Gasteiger partial charge in [-0.1, -0.05) is 23.5 Å². The van der Waals surface area contributed by atoms with Crippen molar-refractivity contribution in [2.24, 2.45) is 0 Å². The van der Waals surface area contributed by atoms with Crippen LogP contribution in [0.2, 0.25) is 0 Å². The van der Waals surface area contributed by atoms with Crippen LogP contribution in [0.15, 0.2) is 47.5 Å². The maximum Gasteiger partial charge on any atom is 0.261 e. The monoisotopic (exact) mass is 422 g/mol. The fourth-order valence-electron chi connectivity index (χ4n) is 3.38. The van der Waals surface area contributed by atoms with Gasteiger partial charge in [0.15, 0.2) is 16.6 Å². The van der Waals surface area contributed by atoms with Gasteiger partial charge in [0.1, 0.15) is 13.2 Å². The first-order chi connectivity index (χ1) is 14.7. The molecule has 8 nitrogen and oxygen atoms in total. The van der Waals surface area contributed by atoms with E-state index in [1.54, 1.807) is 12.1 Å². The molecule has 1 amide bonds. The van der Waals surface area contributed by atoms with E-state index in [0.717, 1.165) is 10.2 Å². The van der Waals surface area contributed by atoms with E-state index in [-0.39, 0.29) is 17.9 Å². The minimum atomic E-state index is -0.145. The van der Waals surface area contributed by atoms with Crippen LogP contribution in [0.3, 0.4) is 0 Å². The Labute approximate surface area is 175 Å². The molecule has 0 aliphatic carbocycles. The Morgan fingerprint density at radius 1 is 1.13 bits per heavy atom. The van der Waals surface area contributed by atoms with Gasteiger partial charge in [0, 0.05) is 25.1 Å². The molecule has 0 saturated carbocycles. The number of para-hydroxylation sites is 1. The van der Waals surface area contributed by atoms with Crippen molar-refractivity contribution in [3.8, 4) is 11.5 Å². The van der Waals surface area contributed by atoms with Gasteiger partial charge in [0.05, 0.1) is 27.4 Å². The molecule has 2 aromatic carbocycles. The number of aromatic nitrogens is 3. The van der Waals surface area contributed by atoms with Gasteiger partial charge in [0.2, 0.25) is 5.91 Å². The van der Waals surface area contributed by atoms with E-state index >= 15 is 0 Å². The Bertz CT molecular complexity index is 1270. The molecule has 0 fully saturated rings. The first-order valence-electron chi connectivity index (χ1n) is 9.61. The van der Waals surface area contributed by atoms with Gasteiger partial charge in [-0.2, -0.15) is 0 Å². The van der Waals surface area contributed by atoms with Crippen LogP contribution in [0.25, 0.3) is 21.1 Å². The molecule has 0 atom stereocenters. The number of ether oxygens (including phenoxy) is 2. The summed E-state index contributed by atoms with van der Waals surface area (Å²) in [5, 5.41) is 3.94. The molecule has 1 aliphatic heterocycles. The largest absolute Gasteiger partial charge is 0.486 e. The summed E-state index contributed by atoms with van der Waals surface area (Å²) in [5.41, 5.74) is 1.33. The second kappa shape index (κ2) is 7.75. The van der Waals surface area contributed by atoms with Crippen LogP contribution in [0.4, 0.5) is 5.13 Å². The fourth-order valence-corrected chi connectivity index (χ4v) is 4.27. The second-order valence-electron chi connectivity index (χ2n) is 6.89. The second-order valence-corrected chi connectivity index (χ2v) is 7.93. The zero-order valence-electron chi connectivity index (χ0n) is 16.0. The summed E-state index contributed by atoms with van der Waals surface area (Å²) in [5.74, 6) is 1.23. The molecule has 0 unspecified atom stereocenters. The third-order valence-corrected chi connectivity index (χ3v) is 5.77. The number of nitrogens with one attached hydrogen (secondary N) is 1. The lowest BCUT2D eigenvalue weighted by Crippen LogP contribution is -2.21. The number of hydrogen-bond donors (Lipinski definition) is 1. The topological polar surface area (TPSA) is 95.3 Å². The number of nitrogens with zero attached hydrogens (tertiary/aromatic N) is 3. The molecule has 30 heavy (non-hydrogen) atoms. The van der Waals surface area contributed by atoms with Crippen molar-refractivity contribution < 1.29 is 14.3 Å². The summed E-state index contributed by atoms with van der Waals surface area (Å²) < 4.78 is 13.6. The van der Waals surface area contributed by atoms with Gasteiger partial charge >= 0.3 is 0 Å². The van der Waals surface area contributed by atoms with Crippen molar-refractivity contribution >= 4 is 43.5 Å². The maximum absolute atomic E-state index is 12.5. The smallest absolute Gasteiger partial charge is 0.261 e. The highest BCUT2D eigenvalue weighted by Crippen LogP contribution is 2.37. The molecule has 1 N–H and O–H groups in total. The van der Waals surface area contributed by atoms with Crippen LogP contribution in [0.5, 0.6) is 11.5 Å². The number of carbonyl (C=O) groups excluding carboxylic acids is 1. The summed E-state index contributed by atoms with van der Waals surface area (Å²) in [6.07, 6.45) is 2.33. The van der Waals surface area contributed by atoms with Crippen molar-refractivity contribution in [2.45, 2.75) is 19.4 Å². The number of carbonyl (C=O) groups is 1. The van der Waals surface area contributed by atoms with E-state index in [1.165, 1.54) is 22.2 Å². The average molecular weight is 422 g/mol. The minimum absolute atomic E-state index is 0.0967. The van der Waals surface area contributed by atoms with Crippen molar-refractivity contribution in [3.05, 3.63) is 53.1 Å². The lowest BCUT2D eigenvalue weighted by atomic mass is 10.2. The molecule has 1 aliphatic rings. The standard InChI is InChI=1S/C21H18N4O4S/c26-19(6-3-7-25-12-22-14-5-2-1-4-13(14)20(25)27)24-21-23-15-10-16-17(11-18(15)30-21)29-9-8-28-16/h1-2,4-5,10-12H,3,6-9H2,(H,23,24,26). The molecule has 4 aromatic rings. The third kappa shape index (κ3) is 3.59. The van der Waals surface area contributed by atoms with Crippen LogP contribution < -0.4 is 20.3 Å². The molecule has 3 heterocycles. The maximum atomic E-state index is 12.5. The summed E-state index contributed by atoms with van der Waals surface area (Å²) in [4.78, 5) is 33.6. The molecule has 0 bridgehead atoms. The Morgan fingerprint density at radius 3 is 2.80 bits per heavy atom. The lowest BCUT2D eigenvalue weighted by Gasteiger charge is -2.17. The van der Waals surface area contributed by atoms with Gasteiger partial charge in [-0.25, -0.2) is 9.97 Å². The summed E-state index contributed by atoms with van der Waals surface area (Å²) >= 11 is 1.39. The molecular weight excluding hydrogens is 404 g/mol. The highest BCUT2D eigenvalue weighted by atomic mass is 32.1. The zero-order valence-corrected chi connectivity index (χ0v) is 16.8. The van der Waals surface area contributed by atoms with Crippen LogP contribution in [-0.2, 0) is 11.3 Å². The summed E-state index contributed by atoms with van der Waals surface area (Å²) in [7, 11) is 0. The Kier molecular flexibility index (Phi) is 4.80. The molecule has 5 rings (SSSR count). The van der Waals surface area contributed by atoms with E-state index in [1.807, 2.05) is 24.3 Å². The zero-order chi connectivity index (χ0) is 20.5. The van der Waals surface area contributed by atoms with Gasteiger partial charge < -0.3 is 14.8 Å². The fraction of sp³-hybridized carbons (Fsp3) is 0.238. The first-order valence-corrected chi connectivity index (χ1v) is 10.4. The van der Waals surface area contributed by atoms with Gasteiger partial charge in [-0.3, -0.25) is 14.2 Å². The summed E-state index contributed by atoms with van der Waals surface area (Å²) in [6, 6.07) is 10.9. The predicted octanol–water partition coefficient (Wildman–Crippen LogP) is 3.20. The van der Waals surface area contributed by atoms with Crippen LogP contribution in [0, 0.1) is 0 Å². The highest BCUT2D eigenvalue weighted by Gasteiger charge is 2.16. The number of rotatable bonds is 5. The van der Waals surface area contributed by atoms with Crippen LogP contribution >= 0.6 is 11.3 Å². The van der Waals surface area contributed by atoms with E-state index in [4.69, 9.17) is 9.47 Å². The third-order valence-electron chi connectivity index (χ3n) is 4.83. The Morgan fingerprint density at radius 2 is 1.93 bits per heavy atom. The number of amides is 1. The van der Waals surface area contributed by atoms with E-state index in [0.29, 0.717) is 53.7 Å². The molecule has 2 aromatic heterocycles. The molecule has 0 spiro atoms. The number of aryl methyl sites for hydroxylation is 1. The van der Waals surface area contributed by atoms with Crippen molar-refractivity contribution in [3.63, 3.8) is 0 Å². The molecule has 152 valence electrons. The van der Waals surface area contributed by atoms with Crippen LogP contribution in [0.1, 0.15) is 12.8 Å². The molecule has 0 radical (unpaired) electrons. The number of anilines is 1. The predicted molar refractivity (Wildman–Crippen MR) is 114 cm³/mol. The van der Waals surface area contributed by atoms with E-state index in [2.05, 4.69) is 15.3 Å². The van der Waals surface area contributed by atoms with Gasteiger partial charge in [-0.05, 0) is 18.6 Å². The molecular formula is C21H18N4O4S.